The third-order valence-electron chi connectivity index (χ3n) is 2.59. The fraction of sp³-hybridized carbons (Fsp3) is 0.250. The molecule has 2 aromatic rings. The standard InChI is InChI=1S/C12H11F2NO/c1-6-3-4-9-8(5-6)10(7(2)15-9)11(16)12(13)14/h3-5,12,15H,1-2H3. The predicted molar refractivity (Wildman–Crippen MR) is 58.1 cm³/mol. The van der Waals surface area contributed by atoms with E-state index in [2.05, 4.69) is 4.98 Å². The zero-order valence-corrected chi connectivity index (χ0v) is 8.97. The van der Waals surface area contributed by atoms with Crippen LogP contribution in [0.3, 0.4) is 0 Å². The van der Waals surface area contributed by atoms with Gasteiger partial charge < -0.3 is 4.98 Å². The third kappa shape index (κ3) is 1.60. The number of fused-ring (bicyclic) bond motifs is 1. The number of hydrogen-bond acceptors (Lipinski definition) is 1. The summed E-state index contributed by atoms with van der Waals surface area (Å²) in [5.41, 5.74) is 2.25. The summed E-state index contributed by atoms with van der Waals surface area (Å²) in [5.74, 6) is -1.12. The molecule has 16 heavy (non-hydrogen) atoms. The van der Waals surface area contributed by atoms with E-state index in [0.717, 1.165) is 5.56 Å². The van der Waals surface area contributed by atoms with Crippen molar-refractivity contribution in [2.24, 2.45) is 0 Å². The number of aromatic nitrogens is 1. The molecule has 1 aromatic carbocycles. The average Bonchev–Trinajstić information content (AvgIpc) is 2.52. The molecule has 0 fully saturated rings. The van der Waals surface area contributed by atoms with Gasteiger partial charge in [-0.15, -0.1) is 0 Å². The van der Waals surface area contributed by atoms with Gasteiger partial charge in [0.2, 0.25) is 5.78 Å². The van der Waals surface area contributed by atoms with Gasteiger partial charge in [0.05, 0.1) is 5.56 Å². The van der Waals surface area contributed by atoms with Crippen molar-refractivity contribution in [3.8, 4) is 0 Å². The molecular formula is C12H11F2NO. The van der Waals surface area contributed by atoms with Crippen LogP contribution in [0.25, 0.3) is 10.9 Å². The minimum absolute atomic E-state index is 0.105. The summed E-state index contributed by atoms with van der Waals surface area (Å²) < 4.78 is 24.9. The highest BCUT2D eigenvalue weighted by atomic mass is 19.3. The molecule has 4 heteroatoms. The maximum absolute atomic E-state index is 12.4. The fourth-order valence-corrected chi connectivity index (χ4v) is 1.87. The Balaban J connectivity index is 2.72. The van der Waals surface area contributed by atoms with E-state index in [1.54, 1.807) is 19.1 Å². The number of benzene rings is 1. The van der Waals surface area contributed by atoms with Crippen molar-refractivity contribution in [1.82, 2.24) is 4.98 Å². The van der Waals surface area contributed by atoms with E-state index in [-0.39, 0.29) is 5.56 Å². The lowest BCUT2D eigenvalue weighted by Crippen LogP contribution is -2.10. The van der Waals surface area contributed by atoms with Crippen LogP contribution in [0.4, 0.5) is 8.78 Å². The zero-order chi connectivity index (χ0) is 11.9. The molecule has 1 heterocycles. The highest BCUT2D eigenvalue weighted by molar-refractivity contribution is 6.10. The summed E-state index contributed by atoms with van der Waals surface area (Å²) in [6.07, 6.45) is -2.96. The first-order valence-electron chi connectivity index (χ1n) is 4.92. The van der Waals surface area contributed by atoms with Crippen LogP contribution in [-0.4, -0.2) is 17.2 Å². The Hall–Kier alpha value is -1.71. The number of carbonyl (C=O) groups excluding carboxylic acids is 1. The number of carbonyl (C=O) groups is 1. The first kappa shape index (κ1) is 10.8. The van der Waals surface area contributed by atoms with E-state index in [1.807, 2.05) is 13.0 Å². The summed E-state index contributed by atoms with van der Waals surface area (Å²) in [7, 11) is 0. The number of H-pyrrole nitrogens is 1. The number of halogens is 2. The lowest BCUT2D eigenvalue weighted by molar-refractivity contribution is 0.0680. The normalized spacial score (nSPS) is 11.3. The predicted octanol–water partition coefficient (Wildman–Crippen LogP) is 3.23. The lowest BCUT2D eigenvalue weighted by atomic mass is 10.1. The van der Waals surface area contributed by atoms with Gasteiger partial charge in [-0.25, -0.2) is 8.78 Å². The molecule has 0 amide bonds. The topological polar surface area (TPSA) is 32.9 Å². The Kier molecular flexibility index (Phi) is 2.50. The van der Waals surface area contributed by atoms with Crippen molar-refractivity contribution in [1.29, 1.82) is 0 Å². The number of nitrogens with one attached hydrogen (secondary N) is 1. The van der Waals surface area contributed by atoms with Gasteiger partial charge in [-0.3, -0.25) is 4.79 Å². The molecule has 0 saturated carbocycles. The molecule has 0 saturated heterocycles. The number of alkyl halides is 2. The molecule has 0 spiro atoms. The molecule has 1 aromatic heterocycles. The Bertz CT molecular complexity index is 557. The van der Waals surface area contributed by atoms with Crippen LogP contribution in [0, 0.1) is 13.8 Å². The molecule has 0 atom stereocenters. The van der Waals surface area contributed by atoms with Gasteiger partial charge in [0.15, 0.2) is 0 Å². The van der Waals surface area contributed by atoms with E-state index in [4.69, 9.17) is 0 Å². The van der Waals surface area contributed by atoms with Crippen LogP contribution < -0.4 is 0 Å². The molecule has 0 aliphatic rings. The molecule has 2 rings (SSSR count). The molecule has 0 aliphatic carbocycles. The van der Waals surface area contributed by atoms with Crippen molar-refractivity contribution in [2.45, 2.75) is 20.3 Å². The molecule has 0 bridgehead atoms. The lowest BCUT2D eigenvalue weighted by Gasteiger charge is -1.99. The van der Waals surface area contributed by atoms with Crippen molar-refractivity contribution >= 4 is 16.7 Å². The van der Waals surface area contributed by atoms with Gasteiger partial charge in [-0.2, -0.15) is 0 Å². The summed E-state index contributed by atoms with van der Waals surface area (Å²) in [4.78, 5) is 14.3. The quantitative estimate of drug-likeness (QED) is 0.779. The number of rotatable bonds is 2. The van der Waals surface area contributed by atoms with Crippen LogP contribution in [0.5, 0.6) is 0 Å². The van der Waals surface area contributed by atoms with Crippen LogP contribution in [0.1, 0.15) is 21.6 Å². The summed E-state index contributed by atoms with van der Waals surface area (Å²) in [6, 6.07) is 5.41. The van der Waals surface area contributed by atoms with Crippen LogP contribution in [0.15, 0.2) is 18.2 Å². The number of aromatic amines is 1. The van der Waals surface area contributed by atoms with Gasteiger partial charge in [-0.05, 0) is 26.0 Å². The highest BCUT2D eigenvalue weighted by Gasteiger charge is 2.23. The maximum atomic E-state index is 12.4. The van der Waals surface area contributed by atoms with Crippen LogP contribution in [0.2, 0.25) is 0 Å². The third-order valence-corrected chi connectivity index (χ3v) is 2.59. The summed E-state index contributed by atoms with van der Waals surface area (Å²) >= 11 is 0. The number of hydrogen-bond donors (Lipinski definition) is 1. The van der Waals surface area contributed by atoms with Gasteiger partial charge in [0, 0.05) is 16.6 Å². The van der Waals surface area contributed by atoms with Gasteiger partial charge in [-0.1, -0.05) is 11.6 Å². The van der Waals surface area contributed by atoms with E-state index in [1.165, 1.54) is 0 Å². The van der Waals surface area contributed by atoms with Gasteiger partial charge in [0.25, 0.3) is 0 Å². The van der Waals surface area contributed by atoms with E-state index < -0.39 is 12.2 Å². The minimum Gasteiger partial charge on any atom is -0.358 e. The smallest absolute Gasteiger partial charge is 0.300 e. The summed E-state index contributed by atoms with van der Waals surface area (Å²) in [5, 5.41) is 0.572. The first-order chi connectivity index (χ1) is 7.50. The van der Waals surface area contributed by atoms with Gasteiger partial charge >= 0.3 is 6.43 Å². The number of ketones is 1. The van der Waals surface area contributed by atoms with E-state index >= 15 is 0 Å². The second-order valence-corrected chi connectivity index (χ2v) is 3.84. The van der Waals surface area contributed by atoms with Crippen molar-refractivity contribution < 1.29 is 13.6 Å². The minimum atomic E-state index is -2.96. The largest absolute Gasteiger partial charge is 0.358 e. The zero-order valence-electron chi connectivity index (χ0n) is 8.97. The van der Waals surface area contributed by atoms with Crippen molar-refractivity contribution in [2.75, 3.05) is 0 Å². The Morgan fingerprint density at radius 1 is 1.31 bits per heavy atom. The molecule has 0 aliphatic heterocycles. The van der Waals surface area contributed by atoms with Crippen LogP contribution >= 0.6 is 0 Å². The van der Waals surface area contributed by atoms with E-state index in [9.17, 15) is 13.6 Å². The van der Waals surface area contributed by atoms with Crippen molar-refractivity contribution in [3.63, 3.8) is 0 Å². The molecule has 0 radical (unpaired) electrons. The molecule has 1 N–H and O–H groups in total. The highest BCUT2D eigenvalue weighted by Crippen LogP contribution is 2.25. The maximum Gasteiger partial charge on any atom is 0.300 e. The molecule has 2 nitrogen and oxygen atoms in total. The van der Waals surface area contributed by atoms with Crippen LogP contribution in [-0.2, 0) is 0 Å². The van der Waals surface area contributed by atoms with Gasteiger partial charge in [0.1, 0.15) is 0 Å². The van der Waals surface area contributed by atoms with E-state index in [0.29, 0.717) is 16.6 Å². The molecule has 0 unspecified atom stereocenters. The first-order valence-corrected chi connectivity index (χ1v) is 4.92. The molecule has 84 valence electrons. The second kappa shape index (κ2) is 3.70. The SMILES string of the molecule is Cc1ccc2[nH]c(C)c(C(=O)C(F)F)c2c1. The average molecular weight is 223 g/mol. The Morgan fingerprint density at radius 2 is 2.00 bits per heavy atom. The number of Topliss-reactive ketones (excluding diaryl/α,β-unsaturated/α-hetero) is 1. The Morgan fingerprint density at radius 3 is 2.62 bits per heavy atom. The molecular weight excluding hydrogens is 212 g/mol. The Labute approximate surface area is 91.3 Å². The summed E-state index contributed by atoms with van der Waals surface area (Å²) in [6.45, 7) is 3.49. The monoisotopic (exact) mass is 223 g/mol. The van der Waals surface area contributed by atoms with Crippen molar-refractivity contribution in [3.05, 3.63) is 35.0 Å². The second-order valence-electron chi connectivity index (χ2n) is 3.84. The number of aryl methyl sites for hydroxylation is 2. The fourth-order valence-electron chi connectivity index (χ4n) is 1.87.